The molecule has 6 nitrogen and oxygen atoms in total. The van der Waals surface area contributed by atoms with Crippen molar-refractivity contribution in [2.45, 2.75) is 52.1 Å². The van der Waals surface area contributed by atoms with Crippen LogP contribution in [0.4, 0.5) is 4.79 Å². The highest BCUT2D eigenvalue weighted by Gasteiger charge is 2.33. The summed E-state index contributed by atoms with van der Waals surface area (Å²) in [5.74, 6) is 0. The summed E-state index contributed by atoms with van der Waals surface area (Å²) in [6.07, 6.45) is 13.7. The average Bonchev–Trinajstić information content (AvgIpc) is 2.97. The molecule has 6 heteroatoms. The minimum atomic E-state index is -0.0279. The molecule has 0 saturated heterocycles. The van der Waals surface area contributed by atoms with E-state index in [1.54, 1.807) is 12.4 Å². The second-order valence-corrected chi connectivity index (χ2v) is 8.36. The van der Waals surface area contributed by atoms with Crippen molar-refractivity contribution in [3.63, 3.8) is 0 Å². The minimum Gasteiger partial charge on any atom is -0.335 e. The number of urea groups is 1. The van der Waals surface area contributed by atoms with Gasteiger partial charge in [0, 0.05) is 36.2 Å². The summed E-state index contributed by atoms with van der Waals surface area (Å²) < 4.78 is 1.99. The number of nitrogens with one attached hydrogen (secondary N) is 1. The zero-order chi connectivity index (χ0) is 18.9. The average molecular weight is 365 g/mol. The highest BCUT2D eigenvalue weighted by atomic mass is 16.2. The summed E-state index contributed by atoms with van der Waals surface area (Å²) in [6, 6.07) is 4.21. The lowest BCUT2D eigenvalue weighted by atomic mass is 9.87. The van der Waals surface area contributed by atoms with E-state index in [1.165, 1.54) is 5.69 Å². The topological polar surface area (TPSA) is 63.1 Å². The fourth-order valence-electron chi connectivity index (χ4n) is 4.06. The van der Waals surface area contributed by atoms with Gasteiger partial charge < -0.3 is 10.2 Å². The molecule has 2 aromatic rings. The molecule has 0 radical (unpaired) electrons. The Morgan fingerprint density at radius 1 is 1.26 bits per heavy atom. The number of amides is 2. The number of rotatable bonds is 2. The maximum Gasteiger partial charge on any atom is 0.317 e. The first-order chi connectivity index (χ1) is 13.0. The summed E-state index contributed by atoms with van der Waals surface area (Å²) in [4.78, 5) is 19.0. The van der Waals surface area contributed by atoms with Gasteiger partial charge in [0.05, 0.1) is 18.4 Å². The van der Waals surface area contributed by atoms with Gasteiger partial charge in [-0.3, -0.25) is 4.98 Å². The number of aromatic nitrogens is 3. The molecule has 0 spiro atoms. The Kier molecular flexibility index (Phi) is 4.72. The molecular weight excluding hydrogens is 338 g/mol. The molecule has 1 unspecified atom stereocenters. The van der Waals surface area contributed by atoms with Crippen molar-refractivity contribution >= 4 is 6.03 Å². The normalized spacial score (nSPS) is 21.4. The number of hydrogen-bond donors (Lipinski definition) is 1. The van der Waals surface area contributed by atoms with Crippen LogP contribution in [0.25, 0.3) is 5.69 Å². The van der Waals surface area contributed by atoms with Crippen LogP contribution >= 0.6 is 0 Å². The van der Waals surface area contributed by atoms with E-state index in [2.05, 4.69) is 41.4 Å². The van der Waals surface area contributed by atoms with E-state index in [4.69, 9.17) is 0 Å². The number of carbonyl (C=O) groups excluding carboxylic acids is 1. The van der Waals surface area contributed by atoms with Gasteiger partial charge in [0.15, 0.2) is 0 Å². The zero-order valence-electron chi connectivity index (χ0n) is 16.1. The van der Waals surface area contributed by atoms with Crippen molar-refractivity contribution < 1.29 is 4.79 Å². The van der Waals surface area contributed by atoms with Crippen LogP contribution in [-0.2, 0) is 13.0 Å². The molecule has 2 aromatic heterocycles. The van der Waals surface area contributed by atoms with Gasteiger partial charge in [-0.2, -0.15) is 5.10 Å². The SMILES string of the molecule is CC1(C)Cc2c(cnn2-c2ccncc2)CN(C(=O)NC2CC=CCC2)C1. The standard InChI is InChI=1S/C21H27N5O/c1-21(2)12-19-16(13-23-26(19)18-8-10-22-11-9-18)14-25(15-21)20(27)24-17-6-4-3-5-7-17/h3-4,8-11,13,17H,5-7,12,14-15H2,1-2H3,(H,24,27). The quantitative estimate of drug-likeness (QED) is 0.829. The van der Waals surface area contributed by atoms with Crippen molar-refractivity contribution in [2.75, 3.05) is 6.54 Å². The lowest BCUT2D eigenvalue weighted by Gasteiger charge is -2.31. The molecule has 0 fully saturated rings. The largest absolute Gasteiger partial charge is 0.335 e. The highest BCUT2D eigenvalue weighted by molar-refractivity contribution is 5.74. The third-order valence-electron chi connectivity index (χ3n) is 5.37. The minimum absolute atomic E-state index is 0.0279. The maximum absolute atomic E-state index is 12.9. The number of carbonyl (C=O) groups is 1. The summed E-state index contributed by atoms with van der Waals surface area (Å²) in [5.41, 5.74) is 3.28. The van der Waals surface area contributed by atoms with Gasteiger partial charge in [0.1, 0.15) is 0 Å². The Balaban J connectivity index is 1.58. The van der Waals surface area contributed by atoms with Gasteiger partial charge in [0.2, 0.25) is 0 Å². The van der Waals surface area contributed by atoms with Crippen molar-refractivity contribution in [2.24, 2.45) is 5.41 Å². The van der Waals surface area contributed by atoms with Crippen LogP contribution in [0.5, 0.6) is 0 Å². The van der Waals surface area contributed by atoms with Gasteiger partial charge >= 0.3 is 6.03 Å². The molecule has 0 aromatic carbocycles. The molecule has 27 heavy (non-hydrogen) atoms. The summed E-state index contributed by atoms with van der Waals surface area (Å²) >= 11 is 0. The number of pyridine rings is 1. The Hall–Kier alpha value is -2.63. The van der Waals surface area contributed by atoms with Crippen LogP contribution in [0.1, 0.15) is 44.4 Å². The molecule has 3 heterocycles. The number of nitrogens with zero attached hydrogens (tertiary/aromatic N) is 4. The molecule has 4 rings (SSSR count). The molecule has 2 aliphatic rings. The third kappa shape index (κ3) is 3.89. The first kappa shape index (κ1) is 17.8. The third-order valence-corrected chi connectivity index (χ3v) is 5.37. The lowest BCUT2D eigenvalue weighted by molar-refractivity contribution is 0.164. The Bertz CT molecular complexity index is 840. The van der Waals surface area contributed by atoms with Gasteiger partial charge in [0.25, 0.3) is 0 Å². The maximum atomic E-state index is 12.9. The second kappa shape index (κ2) is 7.18. The van der Waals surface area contributed by atoms with E-state index in [0.29, 0.717) is 6.54 Å². The van der Waals surface area contributed by atoms with E-state index in [0.717, 1.165) is 43.5 Å². The molecule has 0 bridgehead atoms. The Morgan fingerprint density at radius 3 is 2.81 bits per heavy atom. The fraction of sp³-hybridized carbons (Fsp3) is 0.476. The predicted molar refractivity (Wildman–Crippen MR) is 105 cm³/mol. The van der Waals surface area contributed by atoms with Crippen LogP contribution < -0.4 is 5.32 Å². The Labute approximate surface area is 160 Å². The first-order valence-corrected chi connectivity index (χ1v) is 9.68. The van der Waals surface area contributed by atoms with E-state index >= 15 is 0 Å². The predicted octanol–water partition coefficient (Wildman–Crippen LogP) is 3.47. The van der Waals surface area contributed by atoms with Crippen molar-refractivity contribution in [3.05, 3.63) is 54.1 Å². The van der Waals surface area contributed by atoms with Crippen LogP contribution in [0.3, 0.4) is 0 Å². The summed E-state index contributed by atoms with van der Waals surface area (Å²) in [5, 5.41) is 7.83. The molecule has 142 valence electrons. The monoisotopic (exact) mass is 365 g/mol. The molecule has 0 saturated carbocycles. The molecule has 1 aliphatic carbocycles. The smallest absolute Gasteiger partial charge is 0.317 e. The van der Waals surface area contributed by atoms with Gasteiger partial charge in [-0.25, -0.2) is 9.48 Å². The highest BCUT2D eigenvalue weighted by Crippen LogP contribution is 2.31. The molecule has 1 N–H and O–H groups in total. The van der Waals surface area contributed by atoms with E-state index in [9.17, 15) is 4.79 Å². The van der Waals surface area contributed by atoms with Crippen molar-refractivity contribution in [1.29, 1.82) is 0 Å². The molecule has 1 aliphatic heterocycles. The van der Waals surface area contributed by atoms with Gasteiger partial charge in [-0.1, -0.05) is 26.0 Å². The number of hydrogen-bond acceptors (Lipinski definition) is 3. The van der Waals surface area contributed by atoms with Gasteiger partial charge in [-0.15, -0.1) is 0 Å². The second-order valence-electron chi connectivity index (χ2n) is 8.36. The zero-order valence-corrected chi connectivity index (χ0v) is 16.1. The van der Waals surface area contributed by atoms with E-state index in [1.807, 2.05) is 27.9 Å². The number of allylic oxidation sites excluding steroid dienone is 1. The Morgan fingerprint density at radius 2 is 2.07 bits per heavy atom. The fourth-order valence-corrected chi connectivity index (χ4v) is 4.06. The van der Waals surface area contributed by atoms with Gasteiger partial charge in [-0.05, 0) is 43.2 Å². The van der Waals surface area contributed by atoms with Crippen LogP contribution in [-0.4, -0.2) is 38.3 Å². The lowest BCUT2D eigenvalue weighted by Crippen LogP contribution is -2.47. The summed E-state index contributed by atoms with van der Waals surface area (Å²) in [7, 11) is 0. The van der Waals surface area contributed by atoms with E-state index in [-0.39, 0.29) is 17.5 Å². The summed E-state index contributed by atoms with van der Waals surface area (Å²) in [6.45, 7) is 5.76. The van der Waals surface area contributed by atoms with Crippen LogP contribution in [0, 0.1) is 5.41 Å². The molecule has 1 atom stereocenters. The van der Waals surface area contributed by atoms with Crippen LogP contribution in [0.2, 0.25) is 0 Å². The molecular formula is C21H27N5O. The first-order valence-electron chi connectivity index (χ1n) is 9.68. The van der Waals surface area contributed by atoms with Crippen molar-refractivity contribution in [3.8, 4) is 5.69 Å². The van der Waals surface area contributed by atoms with Crippen molar-refractivity contribution in [1.82, 2.24) is 25.0 Å². The van der Waals surface area contributed by atoms with E-state index < -0.39 is 0 Å². The molecule has 2 amide bonds. The number of fused-ring (bicyclic) bond motifs is 1. The van der Waals surface area contributed by atoms with Crippen LogP contribution in [0.15, 0.2) is 42.9 Å².